The Morgan fingerprint density at radius 3 is 2.03 bits per heavy atom. The molecule has 0 saturated heterocycles. The maximum Gasteiger partial charge on any atom is 0.256 e. The quantitative estimate of drug-likeness (QED) is 0.407. The summed E-state index contributed by atoms with van der Waals surface area (Å²) in [4.78, 5) is 15.8. The van der Waals surface area contributed by atoms with Gasteiger partial charge in [0.05, 0.1) is 26.7 Å². The third-order valence-electron chi connectivity index (χ3n) is 5.22. The van der Waals surface area contributed by atoms with Gasteiger partial charge in [0.15, 0.2) is 11.5 Å². The lowest BCUT2D eigenvalue weighted by Gasteiger charge is -2.15. The Morgan fingerprint density at radius 1 is 0.750 bits per heavy atom. The summed E-state index contributed by atoms with van der Waals surface area (Å²) < 4.78 is 16.4. The van der Waals surface area contributed by atoms with E-state index in [2.05, 4.69) is 4.98 Å². The Morgan fingerprint density at radius 2 is 1.41 bits per heavy atom. The zero-order valence-electron chi connectivity index (χ0n) is 19.4. The number of rotatable bonds is 5. The SMILES string of the molecule is CC.COc1cc2cc(-c3cc(C)c(OC)c(-c4ccccc4)c3)[nH]c(=O)c2cc1OC. The normalized spacial score (nSPS) is 10.3. The van der Waals surface area contributed by atoms with E-state index in [0.29, 0.717) is 16.9 Å². The predicted octanol–water partition coefficient (Wildman–Crippen LogP) is 6.22. The molecule has 0 spiro atoms. The van der Waals surface area contributed by atoms with Gasteiger partial charge in [-0.15, -0.1) is 0 Å². The Hall–Kier alpha value is -3.73. The average Bonchev–Trinajstić information content (AvgIpc) is 2.84. The molecule has 1 aromatic heterocycles. The van der Waals surface area contributed by atoms with Gasteiger partial charge in [-0.25, -0.2) is 0 Å². The second kappa shape index (κ2) is 10.1. The van der Waals surface area contributed by atoms with Gasteiger partial charge in [0.25, 0.3) is 5.56 Å². The van der Waals surface area contributed by atoms with Crippen LogP contribution in [0.2, 0.25) is 0 Å². The minimum absolute atomic E-state index is 0.182. The molecule has 1 N–H and O–H groups in total. The number of aryl methyl sites for hydroxylation is 1. The number of fused-ring (bicyclic) bond motifs is 1. The summed E-state index contributed by atoms with van der Waals surface area (Å²) in [6, 6.07) is 19.6. The first-order valence-corrected chi connectivity index (χ1v) is 10.6. The highest BCUT2D eigenvalue weighted by molar-refractivity contribution is 5.89. The predicted molar refractivity (Wildman–Crippen MR) is 131 cm³/mol. The summed E-state index contributed by atoms with van der Waals surface area (Å²) in [5.41, 5.74) is 4.46. The second-order valence-corrected chi connectivity index (χ2v) is 7.05. The number of pyridine rings is 1. The summed E-state index contributed by atoms with van der Waals surface area (Å²) >= 11 is 0. The Kier molecular flexibility index (Phi) is 7.21. The lowest BCUT2D eigenvalue weighted by atomic mass is 9.96. The van der Waals surface area contributed by atoms with Gasteiger partial charge in [0.1, 0.15) is 5.75 Å². The van der Waals surface area contributed by atoms with Gasteiger partial charge < -0.3 is 19.2 Å². The number of aromatic amines is 1. The number of methoxy groups -OCH3 is 3. The van der Waals surface area contributed by atoms with Gasteiger partial charge in [-0.1, -0.05) is 44.2 Å². The number of hydrogen-bond acceptors (Lipinski definition) is 4. The van der Waals surface area contributed by atoms with E-state index in [4.69, 9.17) is 14.2 Å². The summed E-state index contributed by atoms with van der Waals surface area (Å²) in [5, 5.41) is 1.33. The van der Waals surface area contributed by atoms with Crippen LogP contribution in [0.15, 0.2) is 65.5 Å². The fraction of sp³-hybridized carbons (Fsp3) is 0.222. The zero-order valence-corrected chi connectivity index (χ0v) is 19.4. The lowest BCUT2D eigenvalue weighted by molar-refractivity contribution is 0.356. The molecule has 0 saturated carbocycles. The van der Waals surface area contributed by atoms with Crippen LogP contribution in [0.5, 0.6) is 17.2 Å². The molecule has 3 aromatic carbocycles. The molecule has 1 heterocycles. The fourth-order valence-electron chi connectivity index (χ4n) is 3.78. The molecule has 0 atom stereocenters. The largest absolute Gasteiger partial charge is 0.496 e. The van der Waals surface area contributed by atoms with Crippen molar-refractivity contribution in [1.82, 2.24) is 4.98 Å². The van der Waals surface area contributed by atoms with Crippen molar-refractivity contribution in [1.29, 1.82) is 0 Å². The average molecular weight is 432 g/mol. The van der Waals surface area contributed by atoms with E-state index in [0.717, 1.165) is 39.1 Å². The number of nitrogens with one attached hydrogen (secondary N) is 1. The molecule has 0 unspecified atom stereocenters. The molecular weight excluding hydrogens is 402 g/mol. The first-order valence-electron chi connectivity index (χ1n) is 10.6. The van der Waals surface area contributed by atoms with E-state index in [1.54, 1.807) is 27.4 Å². The molecule has 0 aliphatic carbocycles. The number of benzene rings is 3. The van der Waals surface area contributed by atoms with Crippen molar-refractivity contribution < 1.29 is 14.2 Å². The van der Waals surface area contributed by atoms with Crippen molar-refractivity contribution >= 4 is 10.8 Å². The van der Waals surface area contributed by atoms with Crippen LogP contribution in [-0.4, -0.2) is 26.3 Å². The van der Waals surface area contributed by atoms with Gasteiger partial charge in [-0.3, -0.25) is 4.79 Å². The van der Waals surface area contributed by atoms with Crippen molar-refractivity contribution in [2.75, 3.05) is 21.3 Å². The van der Waals surface area contributed by atoms with Crippen LogP contribution < -0.4 is 19.8 Å². The van der Waals surface area contributed by atoms with Crippen molar-refractivity contribution in [3.8, 4) is 39.6 Å². The number of ether oxygens (including phenoxy) is 3. The summed E-state index contributed by atoms with van der Waals surface area (Å²) in [6.45, 7) is 6.00. The fourth-order valence-corrected chi connectivity index (χ4v) is 3.78. The van der Waals surface area contributed by atoms with Gasteiger partial charge in [-0.2, -0.15) is 0 Å². The molecule has 32 heavy (non-hydrogen) atoms. The van der Waals surface area contributed by atoms with Crippen LogP contribution in [0.1, 0.15) is 19.4 Å². The molecule has 5 heteroatoms. The van der Waals surface area contributed by atoms with Crippen molar-refractivity contribution in [3.05, 3.63) is 76.6 Å². The van der Waals surface area contributed by atoms with E-state index in [9.17, 15) is 4.79 Å². The molecule has 4 rings (SSSR count). The molecule has 0 aliphatic rings. The van der Waals surface area contributed by atoms with Crippen LogP contribution in [0, 0.1) is 6.92 Å². The van der Waals surface area contributed by atoms with Crippen molar-refractivity contribution in [3.63, 3.8) is 0 Å². The number of H-pyrrole nitrogens is 1. The van der Waals surface area contributed by atoms with E-state index in [1.807, 2.05) is 75.4 Å². The Labute approximate surface area is 188 Å². The third kappa shape index (κ3) is 4.33. The number of aromatic nitrogens is 1. The van der Waals surface area contributed by atoms with Gasteiger partial charge >= 0.3 is 0 Å². The smallest absolute Gasteiger partial charge is 0.256 e. The molecule has 5 nitrogen and oxygen atoms in total. The molecule has 0 fully saturated rings. The number of hydrogen-bond donors (Lipinski definition) is 1. The van der Waals surface area contributed by atoms with Gasteiger partial charge in [0.2, 0.25) is 0 Å². The van der Waals surface area contributed by atoms with E-state index in [-0.39, 0.29) is 5.56 Å². The van der Waals surface area contributed by atoms with Crippen LogP contribution in [0.3, 0.4) is 0 Å². The minimum Gasteiger partial charge on any atom is -0.496 e. The first-order chi connectivity index (χ1) is 15.5. The lowest BCUT2D eigenvalue weighted by Crippen LogP contribution is -2.08. The third-order valence-corrected chi connectivity index (χ3v) is 5.22. The molecular formula is C27H29NO4. The van der Waals surface area contributed by atoms with E-state index < -0.39 is 0 Å². The van der Waals surface area contributed by atoms with Crippen molar-refractivity contribution in [2.24, 2.45) is 0 Å². The molecule has 0 radical (unpaired) electrons. The minimum atomic E-state index is -0.182. The highest BCUT2D eigenvalue weighted by atomic mass is 16.5. The van der Waals surface area contributed by atoms with Crippen LogP contribution >= 0.6 is 0 Å². The molecule has 166 valence electrons. The standard InChI is InChI=1S/C25H23NO4.C2H6/c1-15-10-18(11-19(24(15)30-4)16-8-6-5-7-9-16)21-12-17-13-22(28-2)23(29-3)14-20(17)25(27)26-21;1-2/h5-14H,1-4H3,(H,26,27);1-2H3. The van der Waals surface area contributed by atoms with Crippen LogP contribution in [0.25, 0.3) is 33.2 Å². The van der Waals surface area contributed by atoms with Gasteiger partial charge in [0, 0.05) is 11.3 Å². The van der Waals surface area contributed by atoms with Crippen LogP contribution in [-0.2, 0) is 0 Å². The second-order valence-electron chi connectivity index (χ2n) is 7.05. The molecule has 0 amide bonds. The topological polar surface area (TPSA) is 60.5 Å². The first kappa shape index (κ1) is 22.9. The molecule has 4 aromatic rings. The molecule has 0 aliphatic heterocycles. The Balaban J connectivity index is 0.00000141. The summed E-state index contributed by atoms with van der Waals surface area (Å²) in [6.07, 6.45) is 0. The van der Waals surface area contributed by atoms with Crippen molar-refractivity contribution in [2.45, 2.75) is 20.8 Å². The van der Waals surface area contributed by atoms with E-state index >= 15 is 0 Å². The zero-order chi connectivity index (χ0) is 23.3. The maximum atomic E-state index is 12.8. The Bertz CT molecular complexity index is 1280. The van der Waals surface area contributed by atoms with Crippen LogP contribution in [0.4, 0.5) is 0 Å². The highest BCUT2D eigenvalue weighted by Gasteiger charge is 2.14. The summed E-state index contributed by atoms with van der Waals surface area (Å²) in [5.74, 6) is 1.92. The van der Waals surface area contributed by atoms with E-state index in [1.165, 1.54) is 0 Å². The summed E-state index contributed by atoms with van der Waals surface area (Å²) in [7, 11) is 4.81. The highest BCUT2D eigenvalue weighted by Crippen LogP contribution is 2.38. The van der Waals surface area contributed by atoms with Gasteiger partial charge in [-0.05, 0) is 59.3 Å². The molecule has 0 bridgehead atoms. The maximum absolute atomic E-state index is 12.8. The monoisotopic (exact) mass is 431 g/mol.